The molecule has 110 valence electrons. The highest BCUT2D eigenvalue weighted by Crippen LogP contribution is 2.22. The molecule has 20 heavy (non-hydrogen) atoms. The van der Waals surface area contributed by atoms with E-state index in [9.17, 15) is 9.90 Å². The van der Waals surface area contributed by atoms with Crippen molar-refractivity contribution >= 4 is 11.8 Å². The number of carboxylic acid groups (broad SMARTS) is 1. The van der Waals surface area contributed by atoms with Crippen molar-refractivity contribution in [1.82, 2.24) is 15.2 Å². The predicted molar refractivity (Wildman–Crippen MR) is 76.8 cm³/mol. The van der Waals surface area contributed by atoms with Crippen molar-refractivity contribution in [1.29, 1.82) is 0 Å². The number of anilines is 1. The van der Waals surface area contributed by atoms with Gasteiger partial charge in [-0.25, -0.2) is 9.80 Å². The molecule has 6 heteroatoms. The van der Waals surface area contributed by atoms with Crippen molar-refractivity contribution in [2.24, 2.45) is 0 Å². The van der Waals surface area contributed by atoms with Crippen LogP contribution in [0.1, 0.15) is 54.7 Å². The Morgan fingerprint density at radius 3 is 2.45 bits per heavy atom. The van der Waals surface area contributed by atoms with Crippen molar-refractivity contribution in [3.63, 3.8) is 0 Å². The lowest BCUT2D eigenvalue weighted by Crippen LogP contribution is -2.36. The number of piperidine rings is 1. The van der Waals surface area contributed by atoms with Crippen molar-refractivity contribution in [3.8, 4) is 0 Å². The third-order valence-corrected chi connectivity index (χ3v) is 3.68. The second kappa shape index (κ2) is 6.65. The number of carbonyl (C=O) groups is 1. The summed E-state index contributed by atoms with van der Waals surface area (Å²) in [7, 11) is 0. The maximum absolute atomic E-state index is 11.6. The second-order valence-electron chi connectivity index (χ2n) is 5.02. The van der Waals surface area contributed by atoms with Gasteiger partial charge >= 0.3 is 5.97 Å². The maximum atomic E-state index is 11.6. The number of hydrazine groups is 1. The van der Waals surface area contributed by atoms with E-state index >= 15 is 0 Å². The number of rotatable bonds is 5. The van der Waals surface area contributed by atoms with Crippen LogP contribution in [0, 0.1) is 0 Å². The van der Waals surface area contributed by atoms with Crippen molar-refractivity contribution in [2.75, 3.05) is 18.5 Å². The molecule has 6 nitrogen and oxygen atoms in total. The highest BCUT2D eigenvalue weighted by atomic mass is 16.4. The molecule has 0 aliphatic carbocycles. The Labute approximate surface area is 119 Å². The Bertz CT molecular complexity index is 484. The molecular formula is C14H22N4O2. The number of aryl methyl sites for hydroxylation is 1. The average molecular weight is 278 g/mol. The SMILES string of the molecule is CCc1nnc(NN2CCCCC2)c(C(=O)O)c1CC. The molecule has 1 aromatic heterocycles. The van der Waals surface area contributed by atoms with E-state index in [1.54, 1.807) is 0 Å². The normalized spacial score (nSPS) is 16.1. The molecule has 1 aliphatic rings. The summed E-state index contributed by atoms with van der Waals surface area (Å²) in [4.78, 5) is 11.6. The number of aromatic nitrogens is 2. The highest BCUT2D eigenvalue weighted by molar-refractivity contribution is 5.94. The molecule has 2 heterocycles. The van der Waals surface area contributed by atoms with Crippen LogP contribution in [0.5, 0.6) is 0 Å². The van der Waals surface area contributed by atoms with E-state index in [4.69, 9.17) is 0 Å². The lowest BCUT2D eigenvalue weighted by Gasteiger charge is -2.28. The maximum Gasteiger partial charge on any atom is 0.339 e. The minimum Gasteiger partial charge on any atom is -0.478 e. The molecule has 2 rings (SSSR count). The molecule has 0 atom stereocenters. The molecule has 0 bridgehead atoms. The van der Waals surface area contributed by atoms with Gasteiger partial charge in [0.05, 0.1) is 5.69 Å². The summed E-state index contributed by atoms with van der Waals surface area (Å²) < 4.78 is 0. The van der Waals surface area contributed by atoms with Gasteiger partial charge in [-0.05, 0) is 31.2 Å². The zero-order valence-corrected chi connectivity index (χ0v) is 12.1. The zero-order chi connectivity index (χ0) is 14.5. The van der Waals surface area contributed by atoms with Gasteiger partial charge in [0, 0.05) is 13.1 Å². The summed E-state index contributed by atoms with van der Waals surface area (Å²) >= 11 is 0. The average Bonchev–Trinajstić information content (AvgIpc) is 2.47. The van der Waals surface area contributed by atoms with Gasteiger partial charge in [-0.2, -0.15) is 5.10 Å². The lowest BCUT2D eigenvalue weighted by molar-refractivity contribution is 0.0695. The minimum absolute atomic E-state index is 0.268. The third kappa shape index (κ3) is 3.07. The molecule has 1 saturated heterocycles. The van der Waals surface area contributed by atoms with Gasteiger partial charge in [0.15, 0.2) is 5.82 Å². The predicted octanol–water partition coefficient (Wildman–Crippen LogP) is 2.11. The molecule has 1 fully saturated rings. The minimum atomic E-state index is -0.939. The Morgan fingerprint density at radius 2 is 1.90 bits per heavy atom. The molecule has 0 unspecified atom stereocenters. The van der Waals surface area contributed by atoms with Crippen LogP contribution in [0.3, 0.4) is 0 Å². The van der Waals surface area contributed by atoms with Crippen LogP contribution in [-0.4, -0.2) is 39.4 Å². The number of hydrogen-bond donors (Lipinski definition) is 2. The van der Waals surface area contributed by atoms with E-state index in [0.29, 0.717) is 18.7 Å². The molecule has 0 aromatic carbocycles. The lowest BCUT2D eigenvalue weighted by atomic mass is 10.0. The summed E-state index contributed by atoms with van der Waals surface area (Å²) in [5, 5.41) is 19.8. The molecule has 1 aromatic rings. The van der Waals surface area contributed by atoms with Crippen LogP contribution in [0.2, 0.25) is 0 Å². The standard InChI is InChI=1S/C14H22N4O2/c1-3-10-11(4-2)15-16-13(12(10)14(19)20)17-18-8-6-5-7-9-18/h3-9H2,1-2H3,(H,16,17)(H,19,20). The van der Waals surface area contributed by atoms with E-state index in [-0.39, 0.29) is 5.56 Å². The number of hydrogen-bond acceptors (Lipinski definition) is 5. The van der Waals surface area contributed by atoms with E-state index in [1.165, 1.54) is 6.42 Å². The van der Waals surface area contributed by atoms with Gasteiger partial charge in [0.25, 0.3) is 0 Å². The fraction of sp³-hybridized carbons (Fsp3) is 0.643. The van der Waals surface area contributed by atoms with Crippen LogP contribution >= 0.6 is 0 Å². The Hall–Kier alpha value is -1.69. The number of nitrogens with one attached hydrogen (secondary N) is 1. The first-order valence-electron chi connectivity index (χ1n) is 7.30. The third-order valence-electron chi connectivity index (χ3n) is 3.68. The van der Waals surface area contributed by atoms with Gasteiger partial charge in [0.2, 0.25) is 0 Å². The topological polar surface area (TPSA) is 78.4 Å². The smallest absolute Gasteiger partial charge is 0.339 e. The van der Waals surface area contributed by atoms with E-state index < -0.39 is 5.97 Å². The Morgan fingerprint density at radius 1 is 1.20 bits per heavy atom. The Balaban J connectivity index is 2.33. The summed E-state index contributed by atoms with van der Waals surface area (Å²) in [5.41, 5.74) is 4.96. The van der Waals surface area contributed by atoms with Crippen LogP contribution in [0.4, 0.5) is 5.82 Å². The molecule has 0 radical (unpaired) electrons. The van der Waals surface area contributed by atoms with Crippen LogP contribution in [0.25, 0.3) is 0 Å². The van der Waals surface area contributed by atoms with Crippen molar-refractivity contribution in [2.45, 2.75) is 46.0 Å². The molecule has 0 saturated carbocycles. The zero-order valence-electron chi connectivity index (χ0n) is 12.1. The molecule has 0 spiro atoms. The second-order valence-corrected chi connectivity index (χ2v) is 5.02. The molecule has 2 N–H and O–H groups in total. The Kier molecular flexibility index (Phi) is 4.89. The van der Waals surface area contributed by atoms with E-state index in [1.807, 2.05) is 18.9 Å². The first-order valence-corrected chi connectivity index (χ1v) is 7.30. The van der Waals surface area contributed by atoms with Crippen LogP contribution < -0.4 is 5.43 Å². The van der Waals surface area contributed by atoms with Gasteiger partial charge < -0.3 is 10.5 Å². The number of nitrogens with zero attached hydrogens (tertiary/aromatic N) is 3. The summed E-state index contributed by atoms with van der Waals surface area (Å²) in [6.07, 6.45) is 4.81. The summed E-state index contributed by atoms with van der Waals surface area (Å²) in [6.45, 7) is 5.75. The van der Waals surface area contributed by atoms with Crippen LogP contribution in [0.15, 0.2) is 0 Å². The largest absolute Gasteiger partial charge is 0.478 e. The van der Waals surface area contributed by atoms with Crippen molar-refractivity contribution in [3.05, 3.63) is 16.8 Å². The van der Waals surface area contributed by atoms with E-state index in [2.05, 4.69) is 15.6 Å². The van der Waals surface area contributed by atoms with Gasteiger partial charge in [-0.15, -0.1) is 5.10 Å². The highest BCUT2D eigenvalue weighted by Gasteiger charge is 2.22. The first-order chi connectivity index (χ1) is 9.67. The van der Waals surface area contributed by atoms with Crippen LogP contribution in [-0.2, 0) is 12.8 Å². The first kappa shape index (κ1) is 14.7. The van der Waals surface area contributed by atoms with Gasteiger partial charge in [-0.3, -0.25) is 0 Å². The molecule has 1 aliphatic heterocycles. The quantitative estimate of drug-likeness (QED) is 0.859. The number of carboxylic acids is 1. The van der Waals surface area contributed by atoms with Gasteiger partial charge in [-0.1, -0.05) is 20.3 Å². The van der Waals surface area contributed by atoms with E-state index in [0.717, 1.165) is 37.2 Å². The van der Waals surface area contributed by atoms with Gasteiger partial charge in [0.1, 0.15) is 5.56 Å². The molecule has 0 amide bonds. The summed E-state index contributed by atoms with van der Waals surface area (Å²) in [5.74, 6) is -0.570. The summed E-state index contributed by atoms with van der Waals surface area (Å²) in [6, 6.07) is 0. The monoisotopic (exact) mass is 278 g/mol. The fourth-order valence-electron chi connectivity index (χ4n) is 2.64. The number of aromatic carboxylic acids is 1. The van der Waals surface area contributed by atoms with Crippen molar-refractivity contribution < 1.29 is 9.90 Å². The molecular weight excluding hydrogens is 256 g/mol. The fourth-order valence-corrected chi connectivity index (χ4v) is 2.64.